The van der Waals surface area contributed by atoms with E-state index in [-0.39, 0.29) is 9.88 Å². The van der Waals surface area contributed by atoms with E-state index in [9.17, 15) is 9.59 Å². The zero-order valence-corrected chi connectivity index (χ0v) is 9.97. The largest absolute Gasteiger partial charge is 0.476 e. The van der Waals surface area contributed by atoms with Crippen molar-refractivity contribution in [3.8, 4) is 0 Å². The number of rotatable bonds is 3. The number of carboxylic acid groups (broad SMARTS) is 1. The minimum Gasteiger partial charge on any atom is -0.476 e. The van der Waals surface area contributed by atoms with Crippen molar-refractivity contribution in [3.05, 3.63) is 36.8 Å². The summed E-state index contributed by atoms with van der Waals surface area (Å²) in [6.45, 7) is 2.17. The summed E-state index contributed by atoms with van der Waals surface area (Å²) in [7, 11) is 0. The van der Waals surface area contributed by atoms with Crippen molar-refractivity contribution in [3.63, 3.8) is 0 Å². The van der Waals surface area contributed by atoms with Gasteiger partial charge >= 0.3 is 10.8 Å². The van der Waals surface area contributed by atoms with Crippen LogP contribution in [0.1, 0.15) is 21.2 Å². The first kappa shape index (κ1) is 11.0. The normalized spacial score (nSPS) is 10.6. The van der Waals surface area contributed by atoms with Gasteiger partial charge in [0.25, 0.3) is 0 Å². The maximum absolute atomic E-state index is 11.4. The van der Waals surface area contributed by atoms with Crippen LogP contribution in [0.5, 0.6) is 0 Å². The lowest BCUT2D eigenvalue weighted by atomic mass is 10.4. The minimum absolute atomic E-state index is 0.0518. The minimum atomic E-state index is -1.04. The molecule has 0 radical (unpaired) electrons. The van der Waals surface area contributed by atoms with E-state index in [0.29, 0.717) is 12.2 Å². The summed E-state index contributed by atoms with van der Waals surface area (Å²) in [6, 6.07) is 0. The summed E-state index contributed by atoms with van der Waals surface area (Å²) >= 11 is 2.20. The Balaban J connectivity index is 2.27. The lowest BCUT2D eigenvalue weighted by molar-refractivity contribution is 0.0696. The third-order valence-electron chi connectivity index (χ3n) is 2.03. The fourth-order valence-electron chi connectivity index (χ4n) is 1.24. The standard InChI is InChI=1S/C9H8N2O3S2/c1-5-3-16-9(14)11(5)2-6-4-15-7(10-6)8(12)13/h3-4H,2H2,1H3,(H,12,13). The van der Waals surface area contributed by atoms with Crippen molar-refractivity contribution < 1.29 is 9.90 Å². The van der Waals surface area contributed by atoms with Crippen LogP contribution in [-0.4, -0.2) is 20.6 Å². The molecule has 0 saturated heterocycles. The molecule has 0 amide bonds. The zero-order chi connectivity index (χ0) is 11.7. The zero-order valence-electron chi connectivity index (χ0n) is 8.34. The van der Waals surface area contributed by atoms with Gasteiger partial charge in [0.15, 0.2) is 0 Å². The molecule has 2 heterocycles. The van der Waals surface area contributed by atoms with E-state index in [1.54, 1.807) is 15.3 Å². The van der Waals surface area contributed by atoms with E-state index in [1.807, 2.05) is 6.92 Å². The number of thiazole rings is 2. The summed E-state index contributed by atoms with van der Waals surface area (Å²) in [5, 5.41) is 12.2. The molecule has 0 unspecified atom stereocenters. The van der Waals surface area contributed by atoms with Gasteiger partial charge < -0.3 is 5.11 Å². The fraction of sp³-hybridized carbons (Fsp3) is 0.222. The van der Waals surface area contributed by atoms with Crippen molar-refractivity contribution in [2.24, 2.45) is 0 Å². The van der Waals surface area contributed by atoms with Crippen LogP contribution in [0.3, 0.4) is 0 Å². The summed E-state index contributed by atoms with van der Waals surface area (Å²) in [5.74, 6) is -1.04. The van der Waals surface area contributed by atoms with Crippen LogP contribution in [0.4, 0.5) is 0 Å². The molecular formula is C9H8N2O3S2. The third kappa shape index (κ3) is 2.05. The topological polar surface area (TPSA) is 72.2 Å². The van der Waals surface area contributed by atoms with Crippen LogP contribution in [0, 0.1) is 6.92 Å². The second kappa shape index (κ2) is 4.18. The van der Waals surface area contributed by atoms with E-state index in [0.717, 1.165) is 28.4 Å². The summed E-state index contributed by atoms with van der Waals surface area (Å²) < 4.78 is 1.57. The summed E-state index contributed by atoms with van der Waals surface area (Å²) in [6.07, 6.45) is 0. The van der Waals surface area contributed by atoms with Crippen LogP contribution in [0.25, 0.3) is 0 Å². The number of nitrogens with zero attached hydrogens (tertiary/aromatic N) is 2. The number of hydrogen-bond donors (Lipinski definition) is 1. The second-order valence-corrected chi connectivity index (χ2v) is 4.86. The predicted octanol–water partition coefficient (Wildman–Crippen LogP) is 1.42. The Labute approximate surface area is 98.6 Å². The molecule has 0 fully saturated rings. The number of carboxylic acids is 1. The number of aryl methyl sites for hydroxylation is 1. The molecule has 84 valence electrons. The van der Waals surface area contributed by atoms with Gasteiger partial charge in [-0.25, -0.2) is 9.78 Å². The molecule has 2 aromatic rings. The highest BCUT2D eigenvalue weighted by atomic mass is 32.1. The van der Waals surface area contributed by atoms with Crippen LogP contribution >= 0.6 is 22.7 Å². The Morgan fingerprint density at radius 1 is 1.50 bits per heavy atom. The van der Waals surface area contributed by atoms with Gasteiger partial charge in [-0.1, -0.05) is 11.3 Å². The van der Waals surface area contributed by atoms with Gasteiger partial charge in [0.1, 0.15) is 0 Å². The van der Waals surface area contributed by atoms with Gasteiger partial charge in [-0.15, -0.1) is 11.3 Å². The fourth-order valence-corrected chi connectivity index (χ4v) is 2.62. The average Bonchev–Trinajstić information content (AvgIpc) is 2.80. The Hall–Kier alpha value is -1.47. The Kier molecular flexibility index (Phi) is 2.88. The van der Waals surface area contributed by atoms with Gasteiger partial charge in [0, 0.05) is 16.5 Å². The van der Waals surface area contributed by atoms with Crippen molar-refractivity contribution in [1.29, 1.82) is 0 Å². The molecule has 2 rings (SSSR count). The Bertz CT molecular complexity index is 582. The highest BCUT2D eigenvalue weighted by molar-refractivity contribution is 7.11. The number of hydrogen-bond acceptors (Lipinski definition) is 5. The van der Waals surface area contributed by atoms with E-state index >= 15 is 0 Å². The first-order valence-electron chi connectivity index (χ1n) is 4.40. The molecule has 0 aromatic carbocycles. The van der Waals surface area contributed by atoms with Crippen LogP contribution < -0.4 is 4.87 Å². The molecule has 0 aliphatic heterocycles. The highest BCUT2D eigenvalue weighted by Gasteiger charge is 2.10. The molecular weight excluding hydrogens is 248 g/mol. The lowest BCUT2D eigenvalue weighted by Gasteiger charge is -2.00. The molecule has 0 saturated carbocycles. The molecule has 0 aliphatic rings. The van der Waals surface area contributed by atoms with Gasteiger partial charge in [0.2, 0.25) is 5.01 Å². The van der Waals surface area contributed by atoms with E-state index in [4.69, 9.17) is 5.11 Å². The highest BCUT2D eigenvalue weighted by Crippen LogP contribution is 2.11. The molecule has 0 bridgehead atoms. The quantitative estimate of drug-likeness (QED) is 0.901. The van der Waals surface area contributed by atoms with Crippen LogP contribution in [-0.2, 0) is 6.54 Å². The van der Waals surface area contributed by atoms with Crippen LogP contribution in [0.15, 0.2) is 15.6 Å². The number of aromatic carboxylic acids is 1. The first-order chi connectivity index (χ1) is 7.58. The van der Waals surface area contributed by atoms with Crippen molar-refractivity contribution in [1.82, 2.24) is 9.55 Å². The molecule has 5 nitrogen and oxygen atoms in total. The SMILES string of the molecule is Cc1csc(=O)n1Cc1csc(C(=O)O)n1. The first-order valence-corrected chi connectivity index (χ1v) is 6.16. The Morgan fingerprint density at radius 2 is 2.25 bits per heavy atom. The maximum atomic E-state index is 11.4. The van der Waals surface area contributed by atoms with Gasteiger partial charge in [-0.05, 0) is 6.92 Å². The molecule has 0 spiro atoms. The lowest BCUT2D eigenvalue weighted by Crippen LogP contribution is -2.15. The molecule has 7 heteroatoms. The molecule has 0 atom stereocenters. The van der Waals surface area contributed by atoms with Gasteiger partial charge in [-0.3, -0.25) is 9.36 Å². The summed E-state index contributed by atoms with van der Waals surface area (Å²) in [4.78, 5) is 25.9. The molecule has 2 aromatic heterocycles. The molecule has 16 heavy (non-hydrogen) atoms. The van der Waals surface area contributed by atoms with E-state index in [1.165, 1.54) is 0 Å². The van der Waals surface area contributed by atoms with Gasteiger partial charge in [0.05, 0.1) is 12.2 Å². The Morgan fingerprint density at radius 3 is 2.75 bits per heavy atom. The molecule has 1 N–H and O–H groups in total. The smallest absolute Gasteiger partial charge is 0.365 e. The monoisotopic (exact) mass is 256 g/mol. The molecule has 0 aliphatic carbocycles. The van der Waals surface area contributed by atoms with Crippen LogP contribution in [0.2, 0.25) is 0 Å². The third-order valence-corrected chi connectivity index (χ3v) is 3.79. The average molecular weight is 256 g/mol. The summed E-state index contributed by atoms with van der Waals surface area (Å²) in [5.41, 5.74) is 1.46. The van der Waals surface area contributed by atoms with Crippen molar-refractivity contribution in [2.45, 2.75) is 13.5 Å². The maximum Gasteiger partial charge on any atom is 0.365 e. The number of carbonyl (C=O) groups is 1. The number of aromatic nitrogens is 2. The predicted molar refractivity (Wildman–Crippen MR) is 61.5 cm³/mol. The second-order valence-electron chi connectivity index (χ2n) is 3.18. The van der Waals surface area contributed by atoms with Gasteiger partial charge in [-0.2, -0.15) is 0 Å². The van der Waals surface area contributed by atoms with Crippen molar-refractivity contribution >= 4 is 28.6 Å². The van der Waals surface area contributed by atoms with Crippen molar-refractivity contribution in [2.75, 3.05) is 0 Å². The van der Waals surface area contributed by atoms with E-state index < -0.39 is 5.97 Å². The van der Waals surface area contributed by atoms with E-state index in [2.05, 4.69) is 4.98 Å².